The molecule has 180 valence electrons. The van der Waals surface area contributed by atoms with Crippen molar-refractivity contribution in [2.45, 2.75) is 52.4 Å². The van der Waals surface area contributed by atoms with E-state index in [4.69, 9.17) is 9.47 Å². The molecule has 1 N–H and O–H groups in total. The number of esters is 2. The van der Waals surface area contributed by atoms with E-state index in [2.05, 4.69) is 10.1 Å². The third kappa shape index (κ3) is 6.19. The molecule has 0 spiro atoms. The van der Waals surface area contributed by atoms with Crippen molar-refractivity contribution in [3.8, 4) is 0 Å². The number of Topliss-reactive ketones (excluding diaryl/α,β-unsaturated/α-hetero) is 1. The summed E-state index contributed by atoms with van der Waals surface area (Å²) < 4.78 is 39.5. The van der Waals surface area contributed by atoms with Gasteiger partial charge in [0.15, 0.2) is 5.78 Å². The summed E-state index contributed by atoms with van der Waals surface area (Å²) in [6, 6.07) is 2.45. The molecule has 3 atom stereocenters. The summed E-state index contributed by atoms with van der Waals surface area (Å²) in [4.78, 5) is 42.4. The molecule has 33 heavy (non-hydrogen) atoms. The second kappa shape index (κ2) is 10.2. The molecular weight excluding hydrogens is 440 g/mol. The van der Waals surface area contributed by atoms with Crippen molar-refractivity contribution in [3.63, 3.8) is 0 Å². The van der Waals surface area contributed by atoms with Crippen molar-refractivity contribution in [3.05, 3.63) is 48.1 Å². The van der Waals surface area contributed by atoms with E-state index < -0.39 is 64.5 Å². The van der Waals surface area contributed by atoms with Gasteiger partial charge >= 0.3 is 11.9 Å². The molecular formula is C22H27F2N3O6. The van der Waals surface area contributed by atoms with Crippen LogP contribution in [0.3, 0.4) is 0 Å². The van der Waals surface area contributed by atoms with Gasteiger partial charge in [0.2, 0.25) is 5.92 Å². The van der Waals surface area contributed by atoms with Gasteiger partial charge in [-0.05, 0) is 33.8 Å². The number of carbonyl (C=O) groups excluding carboxylic acids is 3. The maximum atomic E-state index is 14.7. The Labute approximate surface area is 189 Å². The van der Waals surface area contributed by atoms with E-state index in [9.17, 15) is 28.3 Å². The highest BCUT2D eigenvalue weighted by Crippen LogP contribution is 2.36. The number of benzene rings is 1. The first-order chi connectivity index (χ1) is 15.3. The molecule has 0 aliphatic heterocycles. The molecule has 0 saturated heterocycles. The summed E-state index contributed by atoms with van der Waals surface area (Å²) in [7, 11) is 0. The molecule has 2 aromatic rings. The molecule has 0 aliphatic carbocycles. The van der Waals surface area contributed by atoms with Gasteiger partial charge in [0.1, 0.15) is 35.5 Å². The predicted molar refractivity (Wildman–Crippen MR) is 110 cm³/mol. The molecule has 0 bridgehead atoms. The number of rotatable bonds is 9. The van der Waals surface area contributed by atoms with Crippen LogP contribution in [0, 0.1) is 23.5 Å². The lowest BCUT2D eigenvalue weighted by Crippen LogP contribution is -2.48. The Hall–Kier alpha value is -3.21. The van der Waals surface area contributed by atoms with Crippen molar-refractivity contribution in [1.82, 2.24) is 14.8 Å². The van der Waals surface area contributed by atoms with Crippen molar-refractivity contribution < 1.29 is 37.7 Å². The summed E-state index contributed by atoms with van der Waals surface area (Å²) in [5, 5.41) is 15.4. The number of halogens is 2. The molecule has 0 amide bonds. The second-order valence-corrected chi connectivity index (χ2v) is 8.48. The van der Waals surface area contributed by atoms with Crippen LogP contribution in [0.25, 0.3) is 0 Å². The topological polar surface area (TPSA) is 121 Å². The number of aliphatic hydroxyl groups is 1. The maximum absolute atomic E-state index is 14.7. The number of aromatic nitrogens is 3. The Morgan fingerprint density at radius 1 is 1.18 bits per heavy atom. The Balaban J connectivity index is 2.55. The molecule has 0 fully saturated rings. The minimum absolute atomic E-state index is 0.115. The van der Waals surface area contributed by atoms with E-state index in [-0.39, 0.29) is 6.61 Å². The highest BCUT2D eigenvalue weighted by atomic mass is 19.1. The zero-order valence-electron chi connectivity index (χ0n) is 19.0. The minimum Gasteiger partial charge on any atom is -0.465 e. The highest BCUT2D eigenvalue weighted by Gasteiger charge is 2.49. The van der Waals surface area contributed by atoms with E-state index >= 15 is 0 Å². The van der Waals surface area contributed by atoms with Gasteiger partial charge in [-0.15, -0.1) is 0 Å². The fourth-order valence-corrected chi connectivity index (χ4v) is 3.26. The number of nitrogens with zero attached hydrogens (tertiary/aromatic N) is 3. The number of ketones is 1. The van der Waals surface area contributed by atoms with Crippen LogP contribution in [0.2, 0.25) is 0 Å². The molecule has 0 saturated carbocycles. The van der Waals surface area contributed by atoms with Crippen molar-refractivity contribution in [2.24, 2.45) is 11.8 Å². The van der Waals surface area contributed by atoms with Crippen LogP contribution < -0.4 is 0 Å². The number of ether oxygens (including phenoxy) is 2. The normalized spacial score (nSPS) is 15.3. The van der Waals surface area contributed by atoms with Gasteiger partial charge in [-0.1, -0.05) is 13.0 Å². The van der Waals surface area contributed by atoms with Crippen LogP contribution in [0.1, 0.15) is 40.2 Å². The van der Waals surface area contributed by atoms with E-state index in [0.29, 0.717) is 6.07 Å². The summed E-state index contributed by atoms with van der Waals surface area (Å²) >= 11 is 0. The third-order valence-electron chi connectivity index (χ3n) is 4.86. The van der Waals surface area contributed by atoms with Crippen LogP contribution in [-0.4, -0.2) is 49.8 Å². The summed E-state index contributed by atoms with van der Waals surface area (Å²) in [6.45, 7) is 6.77. The van der Waals surface area contributed by atoms with Crippen LogP contribution in [-0.2, 0) is 36.0 Å². The summed E-state index contributed by atoms with van der Waals surface area (Å²) in [5.74, 6) is -8.98. The van der Waals surface area contributed by atoms with Crippen LogP contribution >= 0.6 is 0 Å². The fraction of sp³-hybridized carbons (Fsp3) is 0.500. The van der Waals surface area contributed by atoms with E-state index in [1.807, 2.05) is 0 Å². The molecule has 1 heterocycles. The number of hydrogen-bond acceptors (Lipinski definition) is 8. The Morgan fingerprint density at radius 3 is 2.36 bits per heavy atom. The van der Waals surface area contributed by atoms with Crippen LogP contribution in [0.15, 0.2) is 30.9 Å². The average molecular weight is 467 g/mol. The molecule has 3 unspecified atom stereocenters. The van der Waals surface area contributed by atoms with Gasteiger partial charge < -0.3 is 14.6 Å². The number of hydrogen-bond donors (Lipinski definition) is 1. The van der Waals surface area contributed by atoms with Crippen molar-refractivity contribution >= 4 is 17.7 Å². The first-order valence-electron chi connectivity index (χ1n) is 10.2. The van der Waals surface area contributed by atoms with E-state index in [1.54, 1.807) is 20.8 Å². The first-order valence-corrected chi connectivity index (χ1v) is 10.2. The lowest BCUT2D eigenvalue weighted by atomic mass is 9.76. The zero-order chi connectivity index (χ0) is 25.0. The Kier molecular flexibility index (Phi) is 8.02. The minimum atomic E-state index is -2.34. The molecule has 11 heteroatoms. The second-order valence-electron chi connectivity index (χ2n) is 8.48. The SMILES string of the molecule is CCOC(=O)C(C(=O)OC(C)(C)C)C(=O)C(C)C(O)(Cn1cncn1)c1ccc(F)cc1F. The largest absolute Gasteiger partial charge is 0.465 e. The lowest BCUT2D eigenvalue weighted by molar-refractivity contribution is -0.173. The average Bonchev–Trinajstić information content (AvgIpc) is 3.18. The van der Waals surface area contributed by atoms with Gasteiger partial charge in [-0.2, -0.15) is 5.10 Å². The zero-order valence-corrected chi connectivity index (χ0v) is 19.0. The van der Waals surface area contributed by atoms with Crippen molar-refractivity contribution in [2.75, 3.05) is 6.61 Å². The first kappa shape index (κ1) is 26.0. The van der Waals surface area contributed by atoms with Crippen LogP contribution in [0.5, 0.6) is 0 Å². The Bertz CT molecular complexity index is 1010. The van der Waals surface area contributed by atoms with Gasteiger partial charge in [-0.3, -0.25) is 14.4 Å². The van der Waals surface area contributed by atoms with Gasteiger partial charge in [0.25, 0.3) is 0 Å². The van der Waals surface area contributed by atoms with E-state index in [1.165, 1.54) is 20.2 Å². The molecule has 0 aliphatic rings. The molecule has 1 aromatic carbocycles. The highest BCUT2D eigenvalue weighted by molar-refractivity contribution is 6.15. The van der Waals surface area contributed by atoms with Crippen molar-refractivity contribution in [1.29, 1.82) is 0 Å². The lowest BCUT2D eigenvalue weighted by Gasteiger charge is -2.35. The van der Waals surface area contributed by atoms with Gasteiger partial charge in [-0.25, -0.2) is 18.4 Å². The summed E-state index contributed by atoms with van der Waals surface area (Å²) in [5.41, 5.74) is -3.78. The van der Waals surface area contributed by atoms with E-state index in [0.717, 1.165) is 23.1 Å². The Morgan fingerprint density at radius 2 is 1.85 bits per heavy atom. The maximum Gasteiger partial charge on any atom is 0.328 e. The quantitative estimate of drug-likeness (QED) is 0.440. The standard InChI is InChI=1S/C22H27F2N3O6/c1-6-32-19(29)17(20(30)33-21(3,4)5)18(28)13(2)22(31,10-27-12-25-11-26-27)15-8-7-14(23)9-16(15)24/h7-9,11-13,17,31H,6,10H2,1-5H3. The monoisotopic (exact) mass is 467 g/mol. The fourth-order valence-electron chi connectivity index (χ4n) is 3.26. The van der Waals surface area contributed by atoms with Crippen LogP contribution in [0.4, 0.5) is 8.78 Å². The molecule has 1 aromatic heterocycles. The molecule has 9 nitrogen and oxygen atoms in total. The predicted octanol–water partition coefficient (Wildman–Crippen LogP) is 2.17. The smallest absolute Gasteiger partial charge is 0.328 e. The number of carbonyl (C=O) groups is 3. The third-order valence-corrected chi connectivity index (χ3v) is 4.86. The molecule has 2 rings (SSSR count). The van der Waals surface area contributed by atoms with Gasteiger partial charge in [0, 0.05) is 11.6 Å². The molecule has 0 radical (unpaired) electrons. The summed E-state index contributed by atoms with van der Waals surface area (Å²) in [6.07, 6.45) is 2.39. The van der Waals surface area contributed by atoms with Gasteiger partial charge in [0.05, 0.1) is 19.1 Å².